The van der Waals surface area contributed by atoms with Gasteiger partial charge in [0, 0.05) is 11.1 Å². The molecule has 110 valence electrons. The third kappa shape index (κ3) is 3.41. The highest BCUT2D eigenvalue weighted by Crippen LogP contribution is 2.28. The smallest absolute Gasteiger partial charge is 0.249 e. The zero-order valence-corrected chi connectivity index (χ0v) is 12.8. The first-order valence-corrected chi connectivity index (χ1v) is 7.59. The highest BCUT2D eigenvalue weighted by Gasteiger charge is 2.14. The fraction of sp³-hybridized carbons (Fsp3) is 0. The monoisotopic (exact) mass is 331 g/mol. The van der Waals surface area contributed by atoms with Gasteiger partial charge < -0.3 is 5.32 Å². The first-order chi connectivity index (χ1) is 10.7. The van der Waals surface area contributed by atoms with Crippen molar-refractivity contribution in [2.24, 2.45) is 0 Å². The van der Waals surface area contributed by atoms with Crippen molar-refractivity contribution in [3.63, 3.8) is 0 Å². The number of amides is 1. The highest BCUT2D eigenvalue weighted by molar-refractivity contribution is 7.13. The second-order valence-corrected chi connectivity index (χ2v) is 5.70. The first-order valence-electron chi connectivity index (χ1n) is 6.33. The summed E-state index contributed by atoms with van der Waals surface area (Å²) < 4.78 is 4.70. The van der Waals surface area contributed by atoms with Crippen LogP contribution in [0.25, 0.3) is 16.6 Å². The summed E-state index contributed by atoms with van der Waals surface area (Å²) in [5, 5.41) is 12.7. The maximum absolute atomic E-state index is 11.9. The molecule has 0 spiro atoms. The molecule has 3 rings (SSSR count). The largest absolute Gasteiger partial charge is 0.302 e. The van der Waals surface area contributed by atoms with Crippen molar-refractivity contribution in [1.29, 1.82) is 0 Å². The van der Waals surface area contributed by atoms with Crippen molar-refractivity contribution in [3.05, 3.63) is 58.4 Å². The number of hydrogen-bond donors (Lipinski definition) is 1. The molecule has 0 aliphatic carbocycles. The Bertz CT molecular complexity index is 795. The molecule has 3 aromatic rings. The van der Waals surface area contributed by atoms with Gasteiger partial charge in [-0.25, -0.2) is 4.63 Å². The number of halogens is 1. The number of thiophene rings is 1. The molecule has 1 aromatic carbocycles. The van der Waals surface area contributed by atoms with Gasteiger partial charge >= 0.3 is 0 Å². The summed E-state index contributed by atoms with van der Waals surface area (Å²) in [5.41, 5.74) is 1.39. The Hall–Kier alpha value is -2.44. The summed E-state index contributed by atoms with van der Waals surface area (Å²) in [6.07, 6.45) is 3.10. The quantitative estimate of drug-likeness (QED) is 0.731. The van der Waals surface area contributed by atoms with E-state index in [0.29, 0.717) is 16.5 Å². The summed E-state index contributed by atoms with van der Waals surface area (Å²) in [6, 6.07) is 10.9. The van der Waals surface area contributed by atoms with Gasteiger partial charge in [0.15, 0.2) is 5.69 Å². The standard InChI is InChI=1S/C15H10ClN3O2S/c16-11-6-3-10(4-7-11)5-8-13(20)17-15-14(18-21-19-15)12-2-1-9-22-12/h1-9H,(H,17,19,20)/b8-5+. The Morgan fingerprint density at radius 2 is 2.05 bits per heavy atom. The van der Waals surface area contributed by atoms with Gasteiger partial charge in [-0.05, 0) is 45.5 Å². The molecule has 0 saturated carbocycles. The van der Waals surface area contributed by atoms with Crippen molar-refractivity contribution in [3.8, 4) is 10.6 Å². The lowest BCUT2D eigenvalue weighted by Crippen LogP contribution is -2.08. The average molecular weight is 332 g/mol. The molecule has 0 aliphatic heterocycles. The maximum Gasteiger partial charge on any atom is 0.249 e. The molecule has 1 amide bonds. The van der Waals surface area contributed by atoms with Crippen LogP contribution < -0.4 is 5.32 Å². The van der Waals surface area contributed by atoms with Crippen LogP contribution in [0, 0.1) is 0 Å². The minimum Gasteiger partial charge on any atom is -0.302 e. The Balaban J connectivity index is 1.70. The minimum absolute atomic E-state index is 0.299. The molecular formula is C15H10ClN3O2S. The topological polar surface area (TPSA) is 68.0 Å². The van der Waals surface area contributed by atoms with Crippen LogP contribution in [-0.2, 0) is 4.79 Å². The molecule has 2 aromatic heterocycles. The van der Waals surface area contributed by atoms with Crippen LogP contribution in [0.3, 0.4) is 0 Å². The van der Waals surface area contributed by atoms with E-state index in [2.05, 4.69) is 15.6 Å². The van der Waals surface area contributed by atoms with E-state index in [1.807, 2.05) is 29.6 Å². The normalized spacial score (nSPS) is 11.0. The molecule has 1 N–H and O–H groups in total. The Labute approximate surface area is 135 Å². The fourth-order valence-corrected chi connectivity index (χ4v) is 2.58. The zero-order valence-electron chi connectivity index (χ0n) is 11.2. The number of carbonyl (C=O) groups excluding carboxylic acids is 1. The van der Waals surface area contributed by atoms with E-state index in [4.69, 9.17) is 16.2 Å². The van der Waals surface area contributed by atoms with Crippen LogP contribution in [0.2, 0.25) is 5.02 Å². The van der Waals surface area contributed by atoms with E-state index in [1.165, 1.54) is 17.4 Å². The average Bonchev–Trinajstić information content (AvgIpc) is 3.17. The van der Waals surface area contributed by atoms with E-state index in [9.17, 15) is 4.79 Å². The third-order valence-corrected chi connectivity index (χ3v) is 3.91. The van der Waals surface area contributed by atoms with Crippen LogP contribution in [0.1, 0.15) is 5.56 Å². The molecule has 0 bridgehead atoms. The van der Waals surface area contributed by atoms with Crippen LogP contribution in [0.5, 0.6) is 0 Å². The number of carbonyl (C=O) groups is 1. The third-order valence-electron chi connectivity index (χ3n) is 2.78. The van der Waals surface area contributed by atoms with Gasteiger partial charge in [-0.3, -0.25) is 4.79 Å². The lowest BCUT2D eigenvalue weighted by molar-refractivity contribution is -0.111. The number of nitrogens with one attached hydrogen (secondary N) is 1. The van der Waals surface area contributed by atoms with E-state index in [0.717, 1.165) is 10.4 Å². The summed E-state index contributed by atoms with van der Waals surface area (Å²) in [4.78, 5) is 12.8. The Morgan fingerprint density at radius 1 is 1.23 bits per heavy atom. The summed E-state index contributed by atoms with van der Waals surface area (Å²) in [5.74, 6) is -0.0170. The predicted molar refractivity (Wildman–Crippen MR) is 86.7 cm³/mol. The zero-order chi connectivity index (χ0) is 15.4. The molecule has 0 fully saturated rings. The summed E-state index contributed by atoms with van der Waals surface area (Å²) >= 11 is 7.30. The summed E-state index contributed by atoms with van der Waals surface area (Å²) in [7, 11) is 0. The molecule has 2 heterocycles. The van der Waals surface area contributed by atoms with Crippen LogP contribution in [0.4, 0.5) is 5.82 Å². The van der Waals surface area contributed by atoms with Crippen molar-refractivity contribution in [2.75, 3.05) is 5.32 Å². The maximum atomic E-state index is 11.9. The SMILES string of the molecule is O=C(/C=C/c1ccc(Cl)cc1)Nc1nonc1-c1cccs1. The molecule has 0 aliphatic rings. The molecule has 0 saturated heterocycles. The van der Waals surface area contributed by atoms with Gasteiger partial charge in [0.1, 0.15) is 0 Å². The van der Waals surface area contributed by atoms with Gasteiger partial charge in [0.2, 0.25) is 11.7 Å². The lowest BCUT2D eigenvalue weighted by atomic mass is 10.2. The summed E-state index contributed by atoms with van der Waals surface area (Å²) in [6.45, 7) is 0. The number of aromatic nitrogens is 2. The van der Waals surface area contributed by atoms with Crippen LogP contribution in [0.15, 0.2) is 52.5 Å². The minimum atomic E-state index is -0.316. The van der Waals surface area contributed by atoms with E-state index < -0.39 is 0 Å². The lowest BCUT2D eigenvalue weighted by Gasteiger charge is -1.98. The van der Waals surface area contributed by atoms with Gasteiger partial charge in [0.25, 0.3) is 0 Å². The van der Waals surface area contributed by atoms with Gasteiger partial charge in [-0.2, -0.15) is 0 Å². The molecule has 0 unspecified atom stereocenters. The molecule has 0 radical (unpaired) electrons. The van der Waals surface area contributed by atoms with Crippen molar-refractivity contribution < 1.29 is 9.42 Å². The van der Waals surface area contributed by atoms with Crippen molar-refractivity contribution >= 4 is 40.7 Å². The molecule has 7 heteroatoms. The number of hydrogen-bond acceptors (Lipinski definition) is 5. The fourth-order valence-electron chi connectivity index (χ4n) is 1.75. The van der Waals surface area contributed by atoms with Gasteiger partial charge in [-0.15, -0.1) is 11.3 Å². The molecule has 0 atom stereocenters. The molecule has 5 nitrogen and oxygen atoms in total. The second kappa shape index (κ2) is 6.55. The Morgan fingerprint density at radius 3 is 2.77 bits per heavy atom. The van der Waals surface area contributed by atoms with Crippen molar-refractivity contribution in [1.82, 2.24) is 10.3 Å². The van der Waals surface area contributed by atoms with Crippen LogP contribution in [-0.4, -0.2) is 16.2 Å². The van der Waals surface area contributed by atoms with Crippen LogP contribution >= 0.6 is 22.9 Å². The highest BCUT2D eigenvalue weighted by atomic mass is 35.5. The van der Waals surface area contributed by atoms with E-state index >= 15 is 0 Å². The molecule has 22 heavy (non-hydrogen) atoms. The van der Waals surface area contributed by atoms with Gasteiger partial charge in [-0.1, -0.05) is 29.8 Å². The predicted octanol–water partition coefficient (Wildman–Crippen LogP) is 4.10. The number of nitrogens with zero attached hydrogens (tertiary/aromatic N) is 2. The number of benzene rings is 1. The molecular weight excluding hydrogens is 322 g/mol. The van der Waals surface area contributed by atoms with E-state index in [1.54, 1.807) is 18.2 Å². The van der Waals surface area contributed by atoms with Gasteiger partial charge in [0.05, 0.1) is 4.88 Å². The van der Waals surface area contributed by atoms with Crippen molar-refractivity contribution in [2.45, 2.75) is 0 Å². The van der Waals surface area contributed by atoms with E-state index in [-0.39, 0.29) is 5.91 Å². The number of anilines is 1. The Kier molecular flexibility index (Phi) is 4.32. The number of rotatable bonds is 4. The second-order valence-electron chi connectivity index (χ2n) is 4.31. The first kappa shape index (κ1) is 14.5.